The fraction of sp³-hybridized carbons (Fsp3) is 0.417. The molecule has 2 aromatic carbocycles. The lowest BCUT2D eigenvalue weighted by molar-refractivity contribution is -0.179. The number of alkyl halides is 3. The molecule has 2 aliphatic rings. The van der Waals surface area contributed by atoms with E-state index in [9.17, 15) is 17.6 Å². The third kappa shape index (κ3) is 5.21. The molecule has 0 aliphatic carbocycles. The van der Waals surface area contributed by atoms with Gasteiger partial charge in [-0.15, -0.1) is 0 Å². The average Bonchev–Trinajstić information content (AvgIpc) is 3.02. The average molecular weight is 570 g/mol. The summed E-state index contributed by atoms with van der Waals surface area (Å²) < 4.78 is 66.9. The van der Waals surface area contributed by atoms with Crippen LogP contribution in [0.4, 0.5) is 29.1 Å². The summed E-state index contributed by atoms with van der Waals surface area (Å²) in [6.07, 6.45) is -3.22. The van der Waals surface area contributed by atoms with Crippen molar-refractivity contribution in [1.29, 1.82) is 0 Å². The van der Waals surface area contributed by atoms with Gasteiger partial charge in [0, 0.05) is 37.6 Å². The minimum Gasteiger partial charge on any atom is -0.486 e. The molecule has 2 atom stereocenters. The Hall–Kier alpha value is -2.70. The summed E-state index contributed by atoms with van der Waals surface area (Å²) in [7, 11) is 1.51. The van der Waals surface area contributed by atoms with Gasteiger partial charge in [-0.1, -0.05) is 6.07 Å². The summed E-state index contributed by atoms with van der Waals surface area (Å²) in [6, 6.07) is 6.94. The van der Waals surface area contributed by atoms with E-state index in [1.54, 1.807) is 30.3 Å². The maximum Gasteiger partial charge on any atom is 0.404 e. The minimum atomic E-state index is -4.25. The molecule has 2 aliphatic heterocycles. The number of anilines is 2. The number of fused-ring (bicyclic) bond motifs is 2. The van der Waals surface area contributed by atoms with Crippen molar-refractivity contribution in [2.24, 2.45) is 0 Å². The van der Waals surface area contributed by atoms with Gasteiger partial charge in [-0.05, 0) is 47.6 Å². The van der Waals surface area contributed by atoms with E-state index in [1.807, 2.05) is 4.90 Å². The zero-order valence-corrected chi connectivity index (χ0v) is 20.9. The van der Waals surface area contributed by atoms with Crippen molar-refractivity contribution >= 4 is 38.3 Å². The van der Waals surface area contributed by atoms with E-state index in [1.165, 1.54) is 18.3 Å². The second kappa shape index (κ2) is 9.98. The van der Waals surface area contributed by atoms with Crippen molar-refractivity contribution in [2.45, 2.75) is 24.7 Å². The fourth-order valence-electron chi connectivity index (χ4n) is 4.56. The van der Waals surface area contributed by atoms with Gasteiger partial charge in [0.2, 0.25) is 0 Å². The maximum absolute atomic E-state index is 14.5. The van der Waals surface area contributed by atoms with Crippen LogP contribution in [0.3, 0.4) is 0 Å². The molecule has 0 radical (unpaired) electrons. The van der Waals surface area contributed by atoms with Crippen molar-refractivity contribution in [3.63, 3.8) is 0 Å². The van der Waals surface area contributed by atoms with E-state index < -0.39 is 18.0 Å². The summed E-state index contributed by atoms with van der Waals surface area (Å²) in [5.74, 6) is 0.952. The summed E-state index contributed by atoms with van der Waals surface area (Å²) in [4.78, 5) is 11.9. The number of benzene rings is 2. The van der Waals surface area contributed by atoms with Gasteiger partial charge < -0.3 is 14.8 Å². The number of hydrogen-bond acceptors (Lipinski definition) is 7. The Kier molecular flexibility index (Phi) is 6.92. The normalized spacial score (nSPS) is 21.4. The van der Waals surface area contributed by atoms with Crippen LogP contribution in [0.1, 0.15) is 6.42 Å². The van der Waals surface area contributed by atoms with Crippen LogP contribution < -0.4 is 14.8 Å². The summed E-state index contributed by atoms with van der Waals surface area (Å²) in [5, 5.41) is 3.62. The molecule has 36 heavy (non-hydrogen) atoms. The van der Waals surface area contributed by atoms with E-state index in [-0.39, 0.29) is 24.8 Å². The molecule has 0 spiro atoms. The molecule has 3 heterocycles. The number of aromatic nitrogens is 2. The molecule has 3 aromatic rings. The van der Waals surface area contributed by atoms with Crippen molar-refractivity contribution in [1.82, 2.24) is 19.8 Å². The highest BCUT2D eigenvalue weighted by molar-refractivity contribution is 9.10. The van der Waals surface area contributed by atoms with Gasteiger partial charge in [-0.3, -0.25) is 9.80 Å². The Bertz CT molecular complexity index is 1260. The van der Waals surface area contributed by atoms with Crippen LogP contribution in [-0.2, 0) is 0 Å². The summed E-state index contributed by atoms with van der Waals surface area (Å²) in [5.41, 5.74) is 0.845. The molecule has 192 valence electrons. The largest absolute Gasteiger partial charge is 0.486 e. The smallest absolute Gasteiger partial charge is 0.404 e. The third-order valence-corrected chi connectivity index (χ3v) is 7.10. The number of nitrogens with one attached hydrogen (secondary N) is 1. The first-order valence-electron chi connectivity index (χ1n) is 11.5. The number of nitrogens with zero attached hydrogens (tertiary/aromatic N) is 4. The van der Waals surface area contributed by atoms with E-state index >= 15 is 0 Å². The van der Waals surface area contributed by atoms with Crippen molar-refractivity contribution in [3.8, 4) is 11.5 Å². The van der Waals surface area contributed by atoms with E-state index in [4.69, 9.17) is 9.47 Å². The molecule has 1 aromatic heterocycles. The SMILES string of the molecule is CN1CCN(C[C@H]2COc3cc4ncnc(Nc5cccc(Br)c5F)c4cc3O2)CCC1C(F)(F)F. The number of ether oxygens (including phenoxy) is 2. The van der Waals surface area contributed by atoms with Crippen molar-refractivity contribution in [3.05, 3.63) is 46.9 Å². The number of rotatable bonds is 4. The quantitative estimate of drug-likeness (QED) is 0.444. The molecule has 1 unspecified atom stereocenters. The number of hydrogen-bond donors (Lipinski definition) is 1. The van der Waals surface area contributed by atoms with Crippen LogP contribution in [0.15, 0.2) is 41.1 Å². The van der Waals surface area contributed by atoms with Crippen LogP contribution >= 0.6 is 15.9 Å². The molecule has 0 bridgehead atoms. The predicted molar refractivity (Wildman–Crippen MR) is 130 cm³/mol. The van der Waals surface area contributed by atoms with Crippen molar-refractivity contribution < 1.29 is 27.0 Å². The van der Waals surface area contributed by atoms with Gasteiger partial charge in [0.1, 0.15) is 30.9 Å². The zero-order valence-electron chi connectivity index (χ0n) is 19.4. The molecule has 12 heteroatoms. The van der Waals surface area contributed by atoms with Gasteiger partial charge in [-0.25, -0.2) is 14.4 Å². The highest BCUT2D eigenvalue weighted by atomic mass is 79.9. The van der Waals surface area contributed by atoms with Gasteiger partial charge >= 0.3 is 6.18 Å². The highest BCUT2D eigenvalue weighted by Gasteiger charge is 2.43. The molecule has 1 fully saturated rings. The Morgan fingerprint density at radius 1 is 1.14 bits per heavy atom. The van der Waals surface area contributed by atoms with Crippen LogP contribution in [0.25, 0.3) is 10.9 Å². The topological polar surface area (TPSA) is 62.8 Å². The van der Waals surface area contributed by atoms with E-state index in [0.29, 0.717) is 58.9 Å². The first-order valence-corrected chi connectivity index (χ1v) is 12.3. The van der Waals surface area contributed by atoms with Gasteiger partial charge in [0.15, 0.2) is 17.3 Å². The lowest BCUT2D eigenvalue weighted by atomic mass is 10.1. The highest BCUT2D eigenvalue weighted by Crippen LogP contribution is 2.38. The Morgan fingerprint density at radius 3 is 2.78 bits per heavy atom. The fourth-order valence-corrected chi connectivity index (χ4v) is 4.93. The van der Waals surface area contributed by atoms with Crippen LogP contribution in [0.2, 0.25) is 0 Å². The molecule has 1 N–H and O–H groups in total. The summed E-state index contributed by atoms with van der Waals surface area (Å²) in [6.45, 7) is 1.85. The van der Waals surface area contributed by atoms with Gasteiger partial charge in [0.25, 0.3) is 0 Å². The molecule has 0 saturated carbocycles. The number of likely N-dealkylation sites (N-methyl/N-ethyl adjacent to an activating group) is 1. The zero-order chi connectivity index (χ0) is 25.4. The lowest BCUT2D eigenvalue weighted by Crippen LogP contribution is -2.43. The van der Waals surface area contributed by atoms with Gasteiger partial charge in [0.05, 0.1) is 15.7 Å². The minimum absolute atomic E-state index is 0.00727. The predicted octanol–water partition coefficient (Wildman–Crippen LogP) is 4.98. The Labute approximate surface area is 213 Å². The van der Waals surface area contributed by atoms with E-state index in [0.717, 1.165) is 0 Å². The molecular weight excluding hydrogens is 546 g/mol. The molecule has 7 nitrogen and oxygen atoms in total. The first kappa shape index (κ1) is 25.0. The maximum atomic E-state index is 14.5. The molecule has 0 amide bonds. The van der Waals surface area contributed by atoms with Gasteiger partial charge in [-0.2, -0.15) is 13.2 Å². The first-order chi connectivity index (χ1) is 17.2. The van der Waals surface area contributed by atoms with Crippen LogP contribution in [0.5, 0.6) is 11.5 Å². The van der Waals surface area contributed by atoms with Crippen molar-refractivity contribution in [2.75, 3.05) is 45.2 Å². The molecule has 1 saturated heterocycles. The molecule has 5 rings (SSSR count). The second-order valence-corrected chi connectivity index (χ2v) is 9.80. The second-order valence-electron chi connectivity index (χ2n) is 8.94. The summed E-state index contributed by atoms with van der Waals surface area (Å²) >= 11 is 3.18. The van der Waals surface area contributed by atoms with E-state index in [2.05, 4.69) is 31.2 Å². The van der Waals surface area contributed by atoms with Crippen LogP contribution in [0, 0.1) is 5.82 Å². The third-order valence-electron chi connectivity index (χ3n) is 6.48. The molecular formula is C24H24BrF4N5O2. The van der Waals surface area contributed by atoms with Crippen LogP contribution in [-0.4, -0.2) is 77.9 Å². The number of halogens is 5. The monoisotopic (exact) mass is 569 g/mol. The Morgan fingerprint density at radius 2 is 1.97 bits per heavy atom. The Balaban J connectivity index is 1.33. The standard InChI is InChI=1S/C24H24BrF4N5O2/c1-33-7-8-34(6-5-21(33)24(27,28)29)11-14-12-35-19-10-18-15(9-20(19)36-14)23(31-13-30-18)32-17-4-2-3-16(25)22(17)26/h2-4,9-10,13-14,21H,5-8,11-12H2,1H3,(H,30,31,32)/t14-,21?/m0/s1. The lowest BCUT2D eigenvalue weighted by Gasteiger charge is -2.31.